The van der Waals surface area contributed by atoms with Gasteiger partial charge in [-0.1, -0.05) is 30.3 Å². The number of amides is 1. The van der Waals surface area contributed by atoms with Crippen LogP contribution in [0.4, 0.5) is 0 Å². The second-order valence-corrected chi connectivity index (χ2v) is 7.67. The van der Waals surface area contributed by atoms with E-state index in [-0.39, 0.29) is 17.6 Å². The Morgan fingerprint density at radius 3 is 2.89 bits per heavy atom. The lowest BCUT2D eigenvalue weighted by Gasteiger charge is -2.16. The molecule has 0 spiro atoms. The number of nitrogens with zero attached hydrogens (tertiary/aromatic N) is 2. The number of hydrogen-bond donors (Lipinski definition) is 1. The molecule has 2 aromatic heterocycles. The van der Waals surface area contributed by atoms with Crippen LogP contribution in [0.15, 0.2) is 35.1 Å². The molecular weight excluding hydrogens is 362 g/mol. The first-order valence-corrected chi connectivity index (χ1v) is 9.80. The van der Waals surface area contributed by atoms with E-state index in [0.717, 1.165) is 24.2 Å². The number of benzene rings is 1. The Hall–Kier alpha value is -2.51. The van der Waals surface area contributed by atoms with Crippen molar-refractivity contribution in [2.45, 2.75) is 32.4 Å². The Bertz CT molecular complexity index is 1060. The van der Waals surface area contributed by atoms with Crippen molar-refractivity contribution >= 4 is 27.5 Å². The van der Waals surface area contributed by atoms with Crippen LogP contribution < -0.4 is 10.9 Å². The Labute approximate surface area is 160 Å². The van der Waals surface area contributed by atoms with Crippen molar-refractivity contribution in [1.82, 2.24) is 14.9 Å². The average molecular weight is 383 g/mol. The Kier molecular flexibility index (Phi) is 4.80. The molecule has 0 bridgehead atoms. The average Bonchev–Trinajstić information content (AvgIpc) is 3.28. The van der Waals surface area contributed by atoms with Crippen molar-refractivity contribution in [3.05, 3.63) is 62.5 Å². The molecule has 1 N–H and O–H groups in total. The van der Waals surface area contributed by atoms with E-state index < -0.39 is 0 Å². The summed E-state index contributed by atoms with van der Waals surface area (Å²) in [4.78, 5) is 31.3. The summed E-state index contributed by atoms with van der Waals surface area (Å²) in [5.74, 6) is 0.627. The highest BCUT2D eigenvalue weighted by molar-refractivity contribution is 7.20. The number of rotatable bonds is 5. The third kappa shape index (κ3) is 3.17. The second kappa shape index (κ2) is 7.25. The lowest BCUT2D eigenvalue weighted by Crippen LogP contribution is -2.29. The molecule has 1 aromatic carbocycles. The fourth-order valence-corrected chi connectivity index (χ4v) is 4.67. The third-order valence-electron chi connectivity index (χ3n) is 5.02. The normalized spacial score (nSPS) is 14.3. The van der Waals surface area contributed by atoms with Crippen LogP contribution in [0.3, 0.4) is 0 Å². The van der Waals surface area contributed by atoms with Gasteiger partial charge in [-0.15, -0.1) is 11.3 Å². The predicted molar refractivity (Wildman–Crippen MR) is 105 cm³/mol. The van der Waals surface area contributed by atoms with Crippen LogP contribution in [0.2, 0.25) is 0 Å². The lowest BCUT2D eigenvalue weighted by molar-refractivity contribution is 0.0830. The standard InChI is InChI=1S/C20H21N3O3S/c1-12-16-19(22-15-9-6-10-23(15)20(16)25)27-17(12)18(24)21-11-14(26-2)13-7-4-3-5-8-13/h3-5,7-8,14H,6,9-11H2,1-2H3,(H,21,24)/t14-/m0/s1. The number of ether oxygens (including phenoxy) is 1. The van der Waals surface area contributed by atoms with E-state index in [0.29, 0.717) is 33.7 Å². The van der Waals surface area contributed by atoms with Crippen LogP contribution in [-0.4, -0.2) is 29.1 Å². The zero-order valence-electron chi connectivity index (χ0n) is 15.3. The first-order valence-electron chi connectivity index (χ1n) is 8.99. The number of thiophene rings is 1. The largest absolute Gasteiger partial charge is 0.375 e. The van der Waals surface area contributed by atoms with Crippen LogP contribution in [0.1, 0.15) is 39.1 Å². The molecule has 0 saturated heterocycles. The maximum atomic E-state index is 12.8. The molecule has 3 aromatic rings. The van der Waals surface area contributed by atoms with Gasteiger partial charge in [-0.25, -0.2) is 4.98 Å². The molecule has 7 heteroatoms. The molecule has 0 saturated carbocycles. The minimum absolute atomic E-state index is 0.0284. The highest BCUT2D eigenvalue weighted by atomic mass is 32.1. The Morgan fingerprint density at radius 1 is 1.37 bits per heavy atom. The van der Waals surface area contributed by atoms with Gasteiger partial charge >= 0.3 is 0 Å². The molecule has 0 aliphatic carbocycles. The van der Waals surface area contributed by atoms with Crippen molar-refractivity contribution in [3.63, 3.8) is 0 Å². The molecule has 1 atom stereocenters. The molecule has 140 valence electrons. The van der Waals surface area contributed by atoms with Gasteiger partial charge in [0.1, 0.15) is 10.7 Å². The Balaban J connectivity index is 1.59. The van der Waals surface area contributed by atoms with Crippen LogP contribution in [0.5, 0.6) is 0 Å². The SMILES string of the molecule is CO[C@@H](CNC(=O)c1sc2nc3n(c(=O)c2c1C)CCC3)c1ccccc1. The number of aryl methyl sites for hydroxylation is 2. The molecular formula is C20H21N3O3S. The number of fused-ring (bicyclic) bond motifs is 2. The summed E-state index contributed by atoms with van der Waals surface area (Å²) in [7, 11) is 1.63. The molecule has 3 heterocycles. The molecule has 0 radical (unpaired) electrons. The van der Waals surface area contributed by atoms with E-state index >= 15 is 0 Å². The Morgan fingerprint density at radius 2 is 2.15 bits per heavy atom. The van der Waals surface area contributed by atoms with Crippen molar-refractivity contribution in [1.29, 1.82) is 0 Å². The van der Waals surface area contributed by atoms with Crippen LogP contribution >= 0.6 is 11.3 Å². The van der Waals surface area contributed by atoms with Crippen LogP contribution in [-0.2, 0) is 17.7 Å². The lowest BCUT2D eigenvalue weighted by atomic mass is 10.1. The minimum atomic E-state index is -0.225. The number of aromatic nitrogens is 2. The smallest absolute Gasteiger partial charge is 0.262 e. The summed E-state index contributed by atoms with van der Waals surface area (Å²) in [6.45, 7) is 2.89. The van der Waals surface area contributed by atoms with Crippen LogP contribution in [0, 0.1) is 6.92 Å². The van der Waals surface area contributed by atoms with E-state index in [9.17, 15) is 9.59 Å². The minimum Gasteiger partial charge on any atom is -0.375 e. The fraction of sp³-hybridized carbons (Fsp3) is 0.350. The zero-order valence-corrected chi connectivity index (χ0v) is 16.1. The van der Waals surface area contributed by atoms with Gasteiger partial charge < -0.3 is 10.1 Å². The van der Waals surface area contributed by atoms with Gasteiger partial charge in [0, 0.05) is 26.6 Å². The number of methoxy groups -OCH3 is 1. The van der Waals surface area contributed by atoms with Crippen molar-refractivity contribution < 1.29 is 9.53 Å². The number of carbonyl (C=O) groups is 1. The third-order valence-corrected chi connectivity index (χ3v) is 6.21. The van der Waals surface area contributed by atoms with Gasteiger partial charge in [0.15, 0.2) is 0 Å². The topological polar surface area (TPSA) is 73.2 Å². The number of hydrogen-bond acceptors (Lipinski definition) is 5. The van der Waals surface area contributed by atoms with E-state index in [1.54, 1.807) is 11.7 Å². The van der Waals surface area contributed by atoms with Crippen molar-refractivity contribution in [2.24, 2.45) is 0 Å². The predicted octanol–water partition coefficient (Wildman–Crippen LogP) is 2.83. The summed E-state index contributed by atoms with van der Waals surface area (Å²) in [5.41, 5.74) is 1.69. The highest BCUT2D eigenvalue weighted by Crippen LogP contribution is 2.28. The second-order valence-electron chi connectivity index (χ2n) is 6.67. The van der Waals surface area contributed by atoms with E-state index in [2.05, 4.69) is 10.3 Å². The van der Waals surface area contributed by atoms with Crippen LogP contribution in [0.25, 0.3) is 10.2 Å². The van der Waals surface area contributed by atoms with Gasteiger partial charge in [-0.3, -0.25) is 14.2 Å². The number of nitrogens with one attached hydrogen (secondary N) is 1. The number of carbonyl (C=O) groups excluding carboxylic acids is 1. The van der Waals surface area contributed by atoms with E-state index in [1.807, 2.05) is 37.3 Å². The van der Waals surface area contributed by atoms with E-state index in [4.69, 9.17) is 4.74 Å². The first kappa shape index (κ1) is 17.9. The quantitative estimate of drug-likeness (QED) is 0.735. The maximum absolute atomic E-state index is 12.8. The van der Waals surface area contributed by atoms with Gasteiger partial charge in [0.25, 0.3) is 11.5 Å². The molecule has 1 amide bonds. The molecule has 1 aliphatic heterocycles. The van der Waals surface area contributed by atoms with Gasteiger partial charge in [-0.2, -0.15) is 0 Å². The van der Waals surface area contributed by atoms with Gasteiger partial charge in [0.05, 0.1) is 16.4 Å². The maximum Gasteiger partial charge on any atom is 0.262 e. The molecule has 6 nitrogen and oxygen atoms in total. The highest BCUT2D eigenvalue weighted by Gasteiger charge is 2.23. The molecule has 1 aliphatic rings. The van der Waals surface area contributed by atoms with Crippen molar-refractivity contribution in [2.75, 3.05) is 13.7 Å². The molecule has 4 rings (SSSR count). The molecule has 27 heavy (non-hydrogen) atoms. The molecule has 0 fully saturated rings. The fourth-order valence-electron chi connectivity index (χ4n) is 3.56. The summed E-state index contributed by atoms with van der Waals surface area (Å²) in [6.07, 6.45) is 1.54. The van der Waals surface area contributed by atoms with E-state index in [1.165, 1.54) is 11.3 Å². The summed E-state index contributed by atoms with van der Waals surface area (Å²) < 4.78 is 7.24. The first-order chi connectivity index (χ1) is 13.1. The monoisotopic (exact) mass is 383 g/mol. The summed E-state index contributed by atoms with van der Waals surface area (Å²) in [5, 5.41) is 3.51. The zero-order chi connectivity index (χ0) is 19.0. The van der Waals surface area contributed by atoms with Crippen molar-refractivity contribution in [3.8, 4) is 0 Å². The van der Waals surface area contributed by atoms with Gasteiger partial charge in [0.2, 0.25) is 0 Å². The molecule has 0 unspecified atom stereocenters. The summed E-state index contributed by atoms with van der Waals surface area (Å²) in [6, 6.07) is 9.77. The van der Waals surface area contributed by atoms with Gasteiger partial charge in [-0.05, 0) is 24.5 Å². The summed E-state index contributed by atoms with van der Waals surface area (Å²) >= 11 is 1.29.